The van der Waals surface area contributed by atoms with Crippen molar-refractivity contribution in [2.75, 3.05) is 7.11 Å². The van der Waals surface area contributed by atoms with E-state index in [9.17, 15) is 18.0 Å². The Bertz CT molecular complexity index is 701. The molecule has 0 aliphatic rings. The number of hydrogen-bond donors (Lipinski definition) is 1. The summed E-state index contributed by atoms with van der Waals surface area (Å²) in [6.07, 6.45) is -2.15. The van der Waals surface area contributed by atoms with Gasteiger partial charge in [0.2, 0.25) is 0 Å². The molecule has 0 aliphatic heterocycles. The number of pyridine rings is 1. The normalized spacial score (nSPS) is 11.1. The lowest BCUT2D eigenvalue weighted by Gasteiger charge is -2.13. The molecule has 0 aliphatic carbocycles. The van der Waals surface area contributed by atoms with E-state index in [4.69, 9.17) is 9.84 Å². The number of aromatic carboxylic acids is 1. The quantitative estimate of drug-likeness (QED) is 0.937. The van der Waals surface area contributed by atoms with Crippen LogP contribution in [0.25, 0.3) is 11.1 Å². The fraction of sp³-hybridized carbons (Fsp3) is 0.143. The molecule has 0 spiro atoms. The van der Waals surface area contributed by atoms with Crippen LogP contribution >= 0.6 is 0 Å². The van der Waals surface area contributed by atoms with Crippen LogP contribution in [-0.2, 0) is 0 Å². The summed E-state index contributed by atoms with van der Waals surface area (Å²) >= 11 is 0. The Morgan fingerprint density at radius 2 is 1.91 bits per heavy atom. The van der Waals surface area contributed by atoms with Crippen molar-refractivity contribution in [3.05, 3.63) is 42.2 Å². The van der Waals surface area contributed by atoms with Crippen LogP contribution in [0.2, 0.25) is 0 Å². The highest BCUT2D eigenvalue weighted by molar-refractivity contribution is 5.92. The van der Waals surface area contributed by atoms with Crippen molar-refractivity contribution >= 4 is 5.97 Å². The summed E-state index contributed by atoms with van der Waals surface area (Å²) in [5.41, 5.74) is 0.191. The zero-order chi connectivity index (χ0) is 16.3. The standard InChI is InChI=1S/C14H10F3NO4/c1-21-10-4-9(6-18-7-10)8-2-3-11(13(19)20)12(5-8)22-14(15,16)17/h2-7H,1H3,(H,19,20). The Hall–Kier alpha value is -2.77. The third-order valence-corrected chi connectivity index (χ3v) is 2.72. The maximum absolute atomic E-state index is 12.4. The highest BCUT2D eigenvalue weighted by atomic mass is 19.4. The second-order valence-electron chi connectivity index (χ2n) is 4.18. The van der Waals surface area contributed by atoms with Gasteiger partial charge in [-0.05, 0) is 23.8 Å². The maximum atomic E-state index is 12.4. The molecule has 2 aromatic rings. The van der Waals surface area contributed by atoms with E-state index in [1.807, 2.05) is 0 Å². The lowest BCUT2D eigenvalue weighted by atomic mass is 10.0. The van der Waals surface area contributed by atoms with Gasteiger partial charge >= 0.3 is 12.3 Å². The molecule has 0 saturated carbocycles. The number of aromatic nitrogens is 1. The molecular formula is C14H10F3NO4. The average molecular weight is 313 g/mol. The van der Waals surface area contributed by atoms with Crippen LogP contribution in [0.15, 0.2) is 36.7 Å². The van der Waals surface area contributed by atoms with E-state index < -0.39 is 23.6 Å². The minimum atomic E-state index is -4.99. The fourth-order valence-corrected chi connectivity index (χ4v) is 1.78. The van der Waals surface area contributed by atoms with Crippen molar-refractivity contribution in [2.45, 2.75) is 6.36 Å². The summed E-state index contributed by atoms with van der Waals surface area (Å²) in [4.78, 5) is 14.9. The van der Waals surface area contributed by atoms with Crippen molar-refractivity contribution < 1.29 is 32.5 Å². The molecule has 0 fully saturated rings. The Balaban J connectivity index is 2.49. The van der Waals surface area contributed by atoms with E-state index in [2.05, 4.69) is 9.72 Å². The van der Waals surface area contributed by atoms with Crippen LogP contribution in [0.3, 0.4) is 0 Å². The minimum Gasteiger partial charge on any atom is -0.495 e. The third-order valence-electron chi connectivity index (χ3n) is 2.72. The molecule has 116 valence electrons. The summed E-state index contributed by atoms with van der Waals surface area (Å²) in [5, 5.41) is 8.93. The number of carbonyl (C=O) groups is 1. The fourth-order valence-electron chi connectivity index (χ4n) is 1.78. The predicted molar refractivity (Wildman–Crippen MR) is 69.9 cm³/mol. The molecule has 0 amide bonds. The third kappa shape index (κ3) is 3.66. The molecule has 1 N–H and O–H groups in total. The second-order valence-corrected chi connectivity index (χ2v) is 4.18. The zero-order valence-corrected chi connectivity index (χ0v) is 11.2. The monoisotopic (exact) mass is 313 g/mol. The Kier molecular flexibility index (Phi) is 4.20. The molecule has 8 heteroatoms. The highest BCUT2D eigenvalue weighted by Gasteiger charge is 2.33. The highest BCUT2D eigenvalue weighted by Crippen LogP contribution is 2.32. The lowest BCUT2D eigenvalue weighted by molar-refractivity contribution is -0.274. The molecule has 22 heavy (non-hydrogen) atoms. The van der Waals surface area contributed by atoms with Gasteiger partial charge in [0, 0.05) is 11.8 Å². The van der Waals surface area contributed by atoms with Crippen LogP contribution < -0.4 is 9.47 Å². The van der Waals surface area contributed by atoms with Gasteiger partial charge in [-0.2, -0.15) is 0 Å². The molecule has 0 bridgehead atoms. The first kappa shape index (κ1) is 15.6. The number of carboxylic acids is 1. The minimum absolute atomic E-state index is 0.315. The number of rotatable bonds is 4. The molecule has 2 rings (SSSR count). The van der Waals surface area contributed by atoms with Crippen LogP contribution in [0, 0.1) is 0 Å². The second kappa shape index (κ2) is 5.92. The van der Waals surface area contributed by atoms with Gasteiger partial charge in [-0.1, -0.05) is 6.07 Å². The first-order valence-corrected chi connectivity index (χ1v) is 5.92. The SMILES string of the molecule is COc1cncc(-c2ccc(C(=O)O)c(OC(F)(F)F)c2)c1. The summed E-state index contributed by atoms with van der Waals surface area (Å²) in [7, 11) is 1.42. The largest absolute Gasteiger partial charge is 0.573 e. The van der Waals surface area contributed by atoms with Crippen molar-refractivity contribution in [1.82, 2.24) is 4.98 Å². The van der Waals surface area contributed by atoms with Gasteiger partial charge < -0.3 is 14.6 Å². The van der Waals surface area contributed by atoms with Gasteiger partial charge in [0.05, 0.1) is 13.3 Å². The van der Waals surface area contributed by atoms with E-state index in [0.717, 1.165) is 12.1 Å². The number of methoxy groups -OCH3 is 1. The number of alkyl halides is 3. The van der Waals surface area contributed by atoms with Gasteiger partial charge in [-0.25, -0.2) is 4.79 Å². The van der Waals surface area contributed by atoms with Gasteiger partial charge in [-0.15, -0.1) is 13.2 Å². The van der Waals surface area contributed by atoms with E-state index in [1.54, 1.807) is 6.07 Å². The van der Waals surface area contributed by atoms with Crippen LogP contribution in [0.5, 0.6) is 11.5 Å². The molecule has 1 aromatic carbocycles. The first-order valence-electron chi connectivity index (χ1n) is 5.92. The molecule has 1 heterocycles. The van der Waals surface area contributed by atoms with Gasteiger partial charge in [0.1, 0.15) is 17.1 Å². The Morgan fingerprint density at radius 1 is 1.18 bits per heavy atom. The Labute approximate surface area is 122 Å². The van der Waals surface area contributed by atoms with Gasteiger partial charge in [0.25, 0.3) is 0 Å². The molecule has 5 nitrogen and oxygen atoms in total. The molecule has 0 radical (unpaired) electrons. The van der Waals surface area contributed by atoms with Gasteiger partial charge in [0.15, 0.2) is 0 Å². The van der Waals surface area contributed by atoms with Gasteiger partial charge in [-0.3, -0.25) is 4.98 Å². The summed E-state index contributed by atoms with van der Waals surface area (Å²) in [5.74, 6) is -1.90. The van der Waals surface area contributed by atoms with Crippen LogP contribution in [-0.4, -0.2) is 29.5 Å². The van der Waals surface area contributed by atoms with Crippen LogP contribution in [0.4, 0.5) is 13.2 Å². The summed E-state index contributed by atoms with van der Waals surface area (Å²) < 4.78 is 45.9. The lowest BCUT2D eigenvalue weighted by Crippen LogP contribution is -2.19. The number of nitrogens with zero attached hydrogens (tertiary/aromatic N) is 1. The van der Waals surface area contributed by atoms with E-state index >= 15 is 0 Å². The number of ether oxygens (including phenoxy) is 2. The van der Waals surface area contributed by atoms with E-state index in [-0.39, 0.29) is 0 Å². The summed E-state index contributed by atoms with van der Waals surface area (Å²) in [6, 6.07) is 4.95. The molecular weight excluding hydrogens is 303 g/mol. The maximum Gasteiger partial charge on any atom is 0.573 e. The zero-order valence-electron chi connectivity index (χ0n) is 11.2. The van der Waals surface area contributed by atoms with Crippen molar-refractivity contribution in [3.63, 3.8) is 0 Å². The van der Waals surface area contributed by atoms with Crippen molar-refractivity contribution in [3.8, 4) is 22.6 Å². The molecule has 0 saturated heterocycles. The topological polar surface area (TPSA) is 68.7 Å². The number of benzene rings is 1. The molecule has 0 atom stereocenters. The number of halogens is 3. The number of carboxylic acid groups (broad SMARTS) is 1. The molecule has 0 unspecified atom stereocenters. The number of hydrogen-bond acceptors (Lipinski definition) is 4. The van der Waals surface area contributed by atoms with Crippen LogP contribution in [0.1, 0.15) is 10.4 Å². The Morgan fingerprint density at radius 3 is 2.50 bits per heavy atom. The van der Waals surface area contributed by atoms with E-state index in [1.165, 1.54) is 25.6 Å². The average Bonchev–Trinajstić information content (AvgIpc) is 2.45. The predicted octanol–water partition coefficient (Wildman–Crippen LogP) is 3.35. The summed E-state index contributed by atoms with van der Waals surface area (Å²) in [6.45, 7) is 0. The first-order chi connectivity index (χ1) is 10.3. The van der Waals surface area contributed by atoms with Crippen molar-refractivity contribution in [1.29, 1.82) is 0 Å². The van der Waals surface area contributed by atoms with Crippen molar-refractivity contribution in [2.24, 2.45) is 0 Å². The smallest absolute Gasteiger partial charge is 0.495 e. The van der Waals surface area contributed by atoms with E-state index in [0.29, 0.717) is 16.9 Å². The molecule has 1 aromatic heterocycles.